The van der Waals surface area contributed by atoms with E-state index in [2.05, 4.69) is 20.9 Å². The highest BCUT2D eigenvalue weighted by Gasteiger charge is 2.26. The van der Waals surface area contributed by atoms with Gasteiger partial charge in [-0.1, -0.05) is 0 Å². The van der Waals surface area contributed by atoms with Crippen LogP contribution >= 0.6 is 15.9 Å². The molecule has 1 aliphatic heterocycles. The summed E-state index contributed by atoms with van der Waals surface area (Å²) >= 11 is 3.25. The highest BCUT2D eigenvalue weighted by molar-refractivity contribution is 9.10. The number of rotatable bonds is 1. The molecule has 82 valence electrons. The van der Waals surface area contributed by atoms with Crippen LogP contribution in [0.15, 0.2) is 16.7 Å². The Balaban J connectivity index is 2.55. The van der Waals surface area contributed by atoms with Crippen molar-refractivity contribution in [1.29, 1.82) is 0 Å². The van der Waals surface area contributed by atoms with Crippen LogP contribution in [0.25, 0.3) is 0 Å². The van der Waals surface area contributed by atoms with E-state index in [-0.39, 0.29) is 0 Å². The van der Waals surface area contributed by atoms with Gasteiger partial charge in [-0.15, -0.1) is 0 Å². The monoisotopic (exact) mass is 292 g/mol. The average molecular weight is 293 g/mol. The van der Waals surface area contributed by atoms with Gasteiger partial charge in [-0.05, 0) is 22.0 Å². The molecule has 1 aliphatic rings. The third-order valence-electron chi connectivity index (χ3n) is 2.00. The van der Waals surface area contributed by atoms with E-state index in [4.69, 9.17) is 4.74 Å². The van der Waals surface area contributed by atoms with E-state index >= 15 is 0 Å². The standard InChI is InChI=1S/C8H9BrN2O3S/c1-15(12,13)11-2-3-14-8-7(11)4-6(9)5-10-8/h4-5H,2-3H2,1H3. The first kappa shape index (κ1) is 10.7. The number of nitrogens with zero attached hydrogens (tertiary/aromatic N) is 2. The lowest BCUT2D eigenvalue weighted by Crippen LogP contribution is -2.37. The second kappa shape index (κ2) is 3.64. The molecule has 0 saturated heterocycles. The third-order valence-corrected chi connectivity index (χ3v) is 3.61. The first-order valence-corrected chi connectivity index (χ1v) is 6.88. The van der Waals surface area contributed by atoms with Crippen LogP contribution in [0.2, 0.25) is 0 Å². The average Bonchev–Trinajstić information content (AvgIpc) is 2.15. The number of aromatic nitrogens is 1. The quantitative estimate of drug-likeness (QED) is 0.775. The van der Waals surface area contributed by atoms with Gasteiger partial charge >= 0.3 is 0 Å². The zero-order valence-corrected chi connectivity index (χ0v) is 10.4. The topological polar surface area (TPSA) is 59.5 Å². The Kier molecular flexibility index (Phi) is 2.59. The number of fused-ring (bicyclic) bond motifs is 1. The molecule has 0 spiro atoms. The number of sulfonamides is 1. The molecule has 2 heterocycles. The van der Waals surface area contributed by atoms with E-state index in [0.717, 1.165) is 4.47 Å². The second-order valence-electron chi connectivity index (χ2n) is 3.16. The second-order valence-corrected chi connectivity index (χ2v) is 5.98. The van der Waals surface area contributed by atoms with Gasteiger partial charge in [0.2, 0.25) is 15.9 Å². The summed E-state index contributed by atoms with van der Waals surface area (Å²) in [5, 5.41) is 0. The minimum atomic E-state index is -3.26. The van der Waals surface area contributed by atoms with Crippen molar-refractivity contribution in [2.45, 2.75) is 0 Å². The van der Waals surface area contributed by atoms with E-state index in [1.165, 1.54) is 10.6 Å². The molecule has 0 radical (unpaired) electrons. The number of ether oxygens (including phenoxy) is 1. The highest BCUT2D eigenvalue weighted by atomic mass is 79.9. The van der Waals surface area contributed by atoms with Crippen LogP contribution in [0.5, 0.6) is 5.88 Å². The highest BCUT2D eigenvalue weighted by Crippen LogP contribution is 2.32. The van der Waals surface area contributed by atoms with E-state index in [0.29, 0.717) is 24.7 Å². The molecule has 0 aromatic carbocycles. The molecule has 1 aromatic heterocycles. The van der Waals surface area contributed by atoms with Crippen LogP contribution in [0.3, 0.4) is 0 Å². The summed E-state index contributed by atoms with van der Waals surface area (Å²) in [4.78, 5) is 4.01. The number of hydrogen-bond acceptors (Lipinski definition) is 4. The number of anilines is 1. The smallest absolute Gasteiger partial charge is 0.238 e. The van der Waals surface area contributed by atoms with E-state index in [1.807, 2.05) is 0 Å². The van der Waals surface area contributed by atoms with Gasteiger partial charge in [-0.2, -0.15) is 0 Å². The minimum Gasteiger partial charge on any atom is -0.474 e. The molecule has 0 amide bonds. The zero-order chi connectivity index (χ0) is 11.1. The van der Waals surface area contributed by atoms with Crippen molar-refractivity contribution >= 4 is 31.6 Å². The molecular weight excluding hydrogens is 284 g/mol. The lowest BCUT2D eigenvalue weighted by Gasteiger charge is -2.28. The maximum Gasteiger partial charge on any atom is 0.238 e. The molecule has 15 heavy (non-hydrogen) atoms. The maximum atomic E-state index is 11.5. The molecule has 1 aromatic rings. The van der Waals surface area contributed by atoms with Crippen molar-refractivity contribution in [2.75, 3.05) is 23.7 Å². The van der Waals surface area contributed by atoms with Gasteiger partial charge in [-0.25, -0.2) is 13.4 Å². The van der Waals surface area contributed by atoms with Crippen LogP contribution in [0.4, 0.5) is 5.69 Å². The molecule has 0 N–H and O–H groups in total. The van der Waals surface area contributed by atoms with Crippen molar-refractivity contribution in [3.63, 3.8) is 0 Å². The van der Waals surface area contributed by atoms with Crippen LogP contribution in [-0.2, 0) is 10.0 Å². The Bertz CT molecular complexity index is 489. The molecule has 0 saturated carbocycles. The van der Waals surface area contributed by atoms with E-state index < -0.39 is 10.0 Å². The molecule has 0 aliphatic carbocycles. The normalized spacial score (nSPS) is 15.7. The van der Waals surface area contributed by atoms with Crippen molar-refractivity contribution in [2.24, 2.45) is 0 Å². The van der Waals surface area contributed by atoms with Crippen LogP contribution in [-0.4, -0.2) is 32.8 Å². The first-order valence-electron chi connectivity index (χ1n) is 4.24. The predicted molar refractivity (Wildman–Crippen MR) is 59.6 cm³/mol. The maximum absolute atomic E-state index is 11.5. The van der Waals surface area contributed by atoms with E-state index in [9.17, 15) is 8.42 Å². The molecule has 0 atom stereocenters. The Morgan fingerprint density at radius 1 is 1.60 bits per heavy atom. The Morgan fingerprint density at radius 3 is 3.00 bits per heavy atom. The van der Waals surface area contributed by atoms with Gasteiger partial charge in [0.1, 0.15) is 12.3 Å². The molecule has 5 nitrogen and oxygen atoms in total. The van der Waals surface area contributed by atoms with Gasteiger partial charge in [0, 0.05) is 10.7 Å². The molecule has 7 heteroatoms. The number of hydrogen-bond donors (Lipinski definition) is 0. The van der Waals surface area contributed by atoms with Gasteiger partial charge in [-0.3, -0.25) is 4.31 Å². The van der Waals surface area contributed by atoms with Crippen LogP contribution < -0.4 is 9.04 Å². The van der Waals surface area contributed by atoms with Crippen LogP contribution in [0, 0.1) is 0 Å². The van der Waals surface area contributed by atoms with Gasteiger partial charge in [0.25, 0.3) is 0 Å². The molecule has 0 fully saturated rings. The molecule has 0 bridgehead atoms. The zero-order valence-electron chi connectivity index (χ0n) is 7.97. The summed E-state index contributed by atoms with van der Waals surface area (Å²) in [6, 6.07) is 1.68. The molecule has 0 unspecified atom stereocenters. The summed E-state index contributed by atoms with van der Waals surface area (Å²) in [5.74, 6) is 0.356. The first-order chi connectivity index (χ1) is 6.98. The van der Waals surface area contributed by atoms with Crippen molar-refractivity contribution in [1.82, 2.24) is 4.98 Å². The summed E-state index contributed by atoms with van der Waals surface area (Å²) in [5.41, 5.74) is 0.484. The Labute approximate surface area is 96.2 Å². The van der Waals surface area contributed by atoms with Crippen molar-refractivity contribution < 1.29 is 13.2 Å². The van der Waals surface area contributed by atoms with E-state index in [1.54, 1.807) is 12.3 Å². The fourth-order valence-corrected chi connectivity index (χ4v) is 2.61. The number of pyridine rings is 1. The summed E-state index contributed by atoms with van der Waals surface area (Å²) in [6.07, 6.45) is 2.74. The largest absolute Gasteiger partial charge is 0.474 e. The minimum absolute atomic E-state index is 0.323. The van der Waals surface area contributed by atoms with Gasteiger partial charge < -0.3 is 4.74 Å². The lowest BCUT2D eigenvalue weighted by molar-refractivity contribution is 0.303. The SMILES string of the molecule is CS(=O)(=O)N1CCOc2ncc(Br)cc21. The van der Waals surface area contributed by atoms with Crippen LogP contribution in [0.1, 0.15) is 0 Å². The summed E-state index contributed by atoms with van der Waals surface area (Å²) in [7, 11) is -3.26. The fraction of sp³-hybridized carbons (Fsp3) is 0.375. The Hall–Kier alpha value is -0.820. The van der Waals surface area contributed by atoms with Gasteiger partial charge in [0.05, 0.1) is 12.8 Å². The molecule has 2 rings (SSSR count). The summed E-state index contributed by atoms with van der Waals surface area (Å²) < 4.78 is 30.3. The third kappa shape index (κ3) is 2.07. The van der Waals surface area contributed by atoms with Gasteiger partial charge in [0.15, 0.2) is 0 Å². The molecular formula is C8H9BrN2O3S. The predicted octanol–water partition coefficient (Wildman–Crippen LogP) is 1.00. The van der Waals surface area contributed by atoms with Crippen molar-refractivity contribution in [3.8, 4) is 5.88 Å². The fourth-order valence-electron chi connectivity index (χ4n) is 1.40. The lowest BCUT2D eigenvalue weighted by atomic mass is 10.3. The Morgan fingerprint density at radius 2 is 2.33 bits per heavy atom. The van der Waals surface area contributed by atoms with Crippen molar-refractivity contribution in [3.05, 3.63) is 16.7 Å². The number of halogens is 1. The summed E-state index contributed by atoms with van der Waals surface area (Å²) in [6.45, 7) is 0.651.